The van der Waals surface area contributed by atoms with E-state index in [-0.39, 0.29) is 5.82 Å². The van der Waals surface area contributed by atoms with Gasteiger partial charge in [-0.1, -0.05) is 19.1 Å². The second kappa shape index (κ2) is 7.54. The van der Waals surface area contributed by atoms with Gasteiger partial charge in [-0.3, -0.25) is 0 Å². The summed E-state index contributed by atoms with van der Waals surface area (Å²) in [7, 11) is 0. The largest absolute Gasteiger partial charge is 0.478 e. The molecule has 1 heterocycles. The number of aromatic nitrogens is 2. The summed E-state index contributed by atoms with van der Waals surface area (Å²) in [5, 5.41) is 3.05. The Morgan fingerprint density at radius 3 is 2.86 bits per heavy atom. The van der Waals surface area contributed by atoms with E-state index in [1.165, 1.54) is 12.4 Å². The van der Waals surface area contributed by atoms with Crippen molar-refractivity contribution in [3.8, 4) is 5.88 Å². The monoisotopic (exact) mass is 290 g/mol. The van der Waals surface area contributed by atoms with Crippen LogP contribution in [0.4, 0.5) is 10.2 Å². The van der Waals surface area contributed by atoms with Crippen LogP contribution < -0.4 is 15.8 Å². The van der Waals surface area contributed by atoms with Crippen molar-refractivity contribution in [3.63, 3.8) is 0 Å². The van der Waals surface area contributed by atoms with E-state index in [1.54, 1.807) is 12.1 Å². The third-order valence-corrected chi connectivity index (χ3v) is 2.91. The topological polar surface area (TPSA) is 73.1 Å². The molecule has 5 nitrogen and oxygen atoms in total. The average Bonchev–Trinajstić information content (AvgIpc) is 2.52. The average molecular weight is 290 g/mol. The molecule has 0 saturated heterocycles. The van der Waals surface area contributed by atoms with Crippen LogP contribution in [-0.4, -0.2) is 16.6 Å². The summed E-state index contributed by atoms with van der Waals surface area (Å²) in [6.45, 7) is 3.29. The SMILES string of the molecule is CCCOc1cc(NCc2ccc(CN)cc2F)ncn1. The van der Waals surface area contributed by atoms with Crippen molar-refractivity contribution in [3.05, 3.63) is 47.5 Å². The Bertz CT molecular complexity index is 592. The van der Waals surface area contributed by atoms with E-state index in [1.807, 2.05) is 13.0 Å². The van der Waals surface area contributed by atoms with Crippen LogP contribution in [0.3, 0.4) is 0 Å². The maximum Gasteiger partial charge on any atom is 0.218 e. The lowest BCUT2D eigenvalue weighted by atomic mass is 10.1. The summed E-state index contributed by atoms with van der Waals surface area (Å²) in [6.07, 6.45) is 2.33. The molecule has 0 aliphatic carbocycles. The summed E-state index contributed by atoms with van der Waals surface area (Å²) < 4.78 is 19.3. The van der Waals surface area contributed by atoms with Gasteiger partial charge in [0.25, 0.3) is 0 Å². The Morgan fingerprint density at radius 2 is 2.14 bits per heavy atom. The van der Waals surface area contributed by atoms with Gasteiger partial charge in [-0.15, -0.1) is 0 Å². The standard InChI is InChI=1S/C15H19FN4O/c1-2-5-21-15-7-14(19-10-20-15)18-9-12-4-3-11(8-17)6-13(12)16/h3-4,6-7,10H,2,5,8-9,17H2,1H3,(H,18,19,20). The summed E-state index contributed by atoms with van der Waals surface area (Å²) in [6, 6.07) is 6.69. The molecule has 3 N–H and O–H groups in total. The predicted molar refractivity (Wildman–Crippen MR) is 79.4 cm³/mol. The molecule has 0 bridgehead atoms. The molecular formula is C15H19FN4O. The number of hydrogen-bond acceptors (Lipinski definition) is 5. The van der Waals surface area contributed by atoms with E-state index in [9.17, 15) is 4.39 Å². The van der Waals surface area contributed by atoms with Gasteiger partial charge in [0.2, 0.25) is 5.88 Å². The molecule has 0 atom stereocenters. The Kier molecular flexibility index (Phi) is 5.45. The fourth-order valence-corrected chi connectivity index (χ4v) is 1.77. The molecule has 21 heavy (non-hydrogen) atoms. The zero-order valence-corrected chi connectivity index (χ0v) is 12.0. The lowest BCUT2D eigenvalue weighted by Gasteiger charge is -2.09. The van der Waals surface area contributed by atoms with Crippen LogP contribution in [0, 0.1) is 5.82 Å². The van der Waals surface area contributed by atoms with Crippen LogP contribution >= 0.6 is 0 Å². The minimum Gasteiger partial charge on any atom is -0.478 e. The summed E-state index contributed by atoms with van der Waals surface area (Å²) in [4.78, 5) is 8.09. The molecule has 6 heteroatoms. The van der Waals surface area contributed by atoms with Crippen LogP contribution in [-0.2, 0) is 13.1 Å². The second-order valence-electron chi connectivity index (χ2n) is 4.57. The normalized spacial score (nSPS) is 10.4. The molecule has 2 rings (SSSR count). The van der Waals surface area contributed by atoms with E-state index in [0.29, 0.717) is 37.0 Å². The van der Waals surface area contributed by atoms with Gasteiger partial charge in [0, 0.05) is 24.7 Å². The molecular weight excluding hydrogens is 271 g/mol. The highest BCUT2D eigenvalue weighted by Crippen LogP contribution is 2.15. The van der Waals surface area contributed by atoms with E-state index in [0.717, 1.165) is 12.0 Å². The number of nitrogens with one attached hydrogen (secondary N) is 1. The highest BCUT2D eigenvalue weighted by atomic mass is 19.1. The Balaban J connectivity index is 1.99. The number of anilines is 1. The number of hydrogen-bond donors (Lipinski definition) is 2. The third-order valence-electron chi connectivity index (χ3n) is 2.91. The van der Waals surface area contributed by atoms with Gasteiger partial charge < -0.3 is 15.8 Å². The van der Waals surface area contributed by atoms with Gasteiger partial charge in [0.15, 0.2) is 0 Å². The Labute approximate surface area is 123 Å². The van der Waals surface area contributed by atoms with E-state index >= 15 is 0 Å². The number of nitrogens with zero attached hydrogens (tertiary/aromatic N) is 2. The number of nitrogens with two attached hydrogens (primary N) is 1. The van der Waals surface area contributed by atoms with Crippen LogP contribution in [0.15, 0.2) is 30.6 Å². The molecule has 0 fully saturated rings. The summed E-state index contributed by atoms with van der Waals surface area (Å²) in [5.74, 6) is 0.827. The third kappa shape index (κ3) is 4.39. The second-order valence-corrected chi connectivity index (χ2v) is 4.57. The molecule has 1 aromatic carbocycles. The first kappa shape index (κ1) is 15.2. The van der Waals surface area contributed by atoms with Crippen LogP contribution in [0.25, 0.3) is 0 Å². The molecule has 1 aromatic heterocycles. The highest BCUT2D eigenvalue weighted by molar-refractivity contribution is 5.38. The van der Waals surface area contributed by atoms with Gasteiger partial charge in [-0.25, -0.2) is 14.4 Å². The van der Waals surface area contributed by atoms with Gasteiger partial charge >= 0.3 is 0 Å². The number of rotatable bonds is 7. The van der Waals surface area contributed by atoms with Crippen molar-refractivity contribution in [1.29, 1.82) is 0 Å². The van der Waals surface area contributed by atoms with Crippen molar-refractivity contribution in [2.24, 2.45) is 5.73 Å². The molecule has 0 aliphatic rings. The maximum absolute atomic E-state index is 13.8. The predicted octanol–water partition coefficient (Wildman–Crippen LogP) is 2.48. The van der Waals surface area contributed by atoms with E-state index in [2.05, 4.69) is 15.3 Å². The van der Waals surface area contributed by atoms with Crippen molar-refractivity contribution >= 4 is 5.82 Å². The molecule has 0 unspecified atom stereocenters. The number of ether oxygens (including phenoxy) is 1. The van der Waals surface area contributed by atoms with Crippen molar-refractivity contribution < 1.29 is 9.13 Å². The van der Waals surface area contributed by atoms with E-state index < -0.39 is 0 Å². The first-order chi connectivity index (χ1) is 10.2. The van der Waals surface area contributed by atoms with Crippen molar-refractivity contribution in [2.75, 3.05) is 11.9 Å². The lowest BCUT2D eigenvalue weighted by Crippen LogP contribution is -2.06. The first-order valence-corrected chi connectivity index (χ1v) is 6.89. The molecule has 112 valence electrons. The lowest BCUT2D eigenvalue weighted by molar-refractivity contribution is 0.305. The molecule has 2 aromatic rings. The fraction of sp³-hybridized carbons (Fsp3) is 0.333. The first-order valence-electron chi connectivity index (χ1n) is 6.89. The molecule has 0 radical (unpaired) electrons. The number of halogens is 1. The van der Waals surface area contributed by atoms with Crippen molar-refractivity contribution in [1.82, 2.24) is 9.97 Å². The molecule has 0 saturated carbocycles. The van der Waals surface area contributed by atoms with Crippen LogP contribution in [0.1, 0.15) is 24.5 Å². The minimum atomic E-state index is -0.276. The van der Waals surface area contributed by atoms with Crippen LogP contribution in [0.5, 0.6) is 5.88 Å². The van der Waals surface area contributed by atoms with Gasteiger partial charge in [0.1, 0.15) is 18.0 Å². The quantitative estimate of drug-likeness (QED) is 0.819. The fourth-order valence-electron chi connectivity index (χ4n) is 1.77. The highest BCUT2D eigenvalue weighted by Gasteiger charge is 2.04. The Morgan fingerprint density at radius 1 is 1.29 bits per heavy atom. The zero-order chi connectivity index (χ0) is 15.1. The molecule has 0 spiro atoms. The summed E-state index contributed by atoms with van der Waals surface area (Å²) in [5.41, 5.74) is 6.81. The van der Waals surface area contributed by atoms with Gasteiger partial charge in [-0.05, 0) is 18.1 Å². The van der Waals surface area contributed by atoms with Crippen LogP contribution in [0.2, 0.25) is 0 Å². The maximum atomic E-state index is 13.8. The van der Waals surface area contributed by atoms with E-state index in [4.69, 9.17) is 10.5 Å². The minimum absolute atomic E-state index is 0.276. The smallest absolute Gasteiger partial charge is 0.218 e. The molecule has 0 aliphatic heterocycles. The zero-order valence-electron chi connectivity index (χ0n) is 12.0. The van der Waals surface area contributed by atoms with Crippen molar-refractivity contribution in [2.45, 2.75) is 26.4 Å². The van der Waals surface area contributed by atoms with Gasteiger partial charge in [0.05, 0.1) is 6.61 Å². The Hall–Kier alpha value is -2.21. The summed E-state index contributed by atoms with van der Waals surface area (Å²) >= 11 is 0. The number of benzene rings is 1. The molecule has 0 amide bonds. The van der Waals surface area contributed by atoms with Gasteiger partial charge in [-0.2, -0.15) is 0 Å².